The average molecular weight is 273 g/mol. The van der Waals surface area contributed by atoms with E-state index in [-0.39, 0.29) is 16.6 Å². The molecule has 1 aromatic carbocycles. The first kappa shape index (κ1) is 13.8. The van der Waals surface area contributed by atoms with Crippen molar-refractivity contribution in [3.63, 3.8) is 0 Å². The number of terminal acetylenes is 1. The van der Waals surface area contributed by atoms with Crippen LogP contribution in [0.4, 0.5) is 5.69 Å². The number of nitrogen functional groups attached to an aromatic ring is 1. The fraction of sp³-hybridized carbons (Fsp3) is 0.273. The third kappa shape index (κ3) is 3.63. The molecule has 0 aliphatic carbocycles. The third-order valence-corrected chi connectivity index (χ3v) is 3.99. The number of halogens is 1. The van der Waals surface area contributed by atoms with Gasteiger partial charge in [-0.1, -0.05) is 11.6 Å². The van der Waals surface area contributed by atoms with Crippen LogP contribution in [-0.2, 0) is 10.0 Å². The summed E-state index contributed by atoms with van der Waals surface area (Å²) in [5.74, 6) is 2.39. The maximum absolute atomic E-state index is 11.9. The molecule has 92 valence electrons. The van der Waals surface area contributed by atoms with Gasteiger partial charge in [-0.05, 0) is 25.1 Å². The number of hydrogen-bond acceptors (Lipinski definition) is 3. The lowest BCUT2D eigenvalue weighted by Crippen LogP contribution is -2.32. The van der Waals surface area contributed by atoms with Gasteiger partial charge in [0.2, 0.25) is 10.0 Å². The van der Waals surface area contributed by atoms with Gasteiger partial charge in [0.1, 0.15) is 0 Å². The number of anilines is 1. The Kier molecular flexibility index (Phi) is 4.40. The molecule has 0 amide bonds. The lowest BCUT2D eigenvalue weighted by Gasteiger charge is -2.12. The van der Waals surface area contributed by atoms with Crippen LogP contribution in [0.3, 0.4) is 0 Å². The van der Waals surface area contributed by atoms with E-state index in [4.69, 9.17) is 23.8 Å². The fourth-order valence-corrected chi connectivity index (χ4v) is 2.64. The standard InChI is InChI=1S/C11H13ClN2O2S/c1-3-4-8(2)14-17(15,16)9-5-6-10(12)11(13)7-9/h1,5-8,14H,4,13H2,2H3. The summed E-state index contributed by atoms with van der Waals surface area (Å²) in [5, 5.41) is 0.320. The van der Waals surface area contributed by atoms with Crippen LogP contribution in [0.25, 0.3) is 0 Å². The van der Waals surface area contributed by atoms with Crippen molar-refractivity contribution >= 4 is 27.3 Å². The van der Waals surface area contributed by atoms with Crippen LogP contribution in [-0.4, -0.2) is 14.5 Å². The molecule has 0 heterocycles. The Labute approximate surface area is 106 Å². The topological polar surface area (TPSA) is 72.2 Å². The largest absolute Gasteiger partial charge is 0.397 e. The van der Waals surface area contributed by atoms with Crippen molar-refractivity contribution in [2.75, 3.05) is 5.73 Å². The van der Waals surface area contributed by atoms with E-state index in [2.05, 4.69) is 10.6 Å². The quantitative estimate of drug-likeness (QED) is 0.646. The van der Waals surface area contributed by atoms with E-state index < -0.39 is 10.0 Å². The highest BCUT2D eigenvalue weighted by Gasteiger charge is 2.17. The lowest BCUT2D eigenvalue weighted by molar-refractivity contribution is 0.563. The zero-order valence-electron chi connectivity index (χ0n) is 9.27. The summed E-state index contributed by atoms with van der Waals surface area (Å²) in [5.41, 5.74) is 5.77. The highest BCUT2D eigenvalue weighted by molar-refractivity contribution is 7.89. The minimum atomic E-state index is -3.61. The van der Waals surface area contributed by atoms with Gasteiger partial charge in [0.25, 0.3) is 0 Å². The summed E-state index contributed by atoms with van der Waals surface area (Å²) in [6.07, 6.45) is 5.43. The van der Waals surface area contributed by atoms with Crippen molar-refractivity contribution in [3.05, 3.63) is 23.2 Å². The molecule has 0 spiro atoms. The average Bonchev–Trinajstić information content (AvgIpc) is 2.21. The summed E-state index contributed by atoms with van der Waals surface area (Å²) >= 11 is 5.72. The summed E-state index contributed by atoms with van der Waals surface area (Å²) in [4.78, 5) is 0.0725. The van der Waals surface area contributed by atoms with Crippen LogP contribution in [0.5, 0.6) is 0 Å². The molecule has 0 saturated carbocycles. The first-order valence-corrected chi connectivity index (χ1v) is 6.73. The van der Waals surface area contributed by atoms with E-state index >= 15 is 0 Å². The summed E-state index contributed by atoms with van der Waals surface area (Å²) < 4.78 is 26.3. The molecule has 0 saturated heterocycles. The maximum atomic E-state index is 11.9. The summed E-state index contributed by atoms with van der Waals surface area (Å²) in [6.45, 7) is 1.69. The van der Waals surface area contributed by atoms with Crippen LogP contribution in [0, 0.1) is 12.3 Å². The number of rotatable bonds is 4. The maximum Gasteiger partial charge on any atom is 0.240 e. The second-order valence-corrected chi connectivity index (χ2v) is 5.74. The normalized spacial score (nSPS) is 13.0. The first-order valence-electron chi connectivity index (χ1n) is 4.87. The molecule has 0 aromatic heterocycles. The van der Waals surface area contributed by atoms with Crippen LogP contribution >= 0.6 is 11.6 Å². The van der Waals surface area contributed by atoms with Crippen molar-refractivity contribution in [3.8, 4) is 12.3 Å². The van der Waals surface area contributed by atoms with Gasteiger partial charge < -0.3 is 5.73 Å². The molecule has 0 bridgehead atoms. The molecule has 1 rings (SSSR count). The zero-order chi connectivity index (χ0) is 13.1. The third-order valence-electron chi connectivity index (χ3n) is 2.06. The van der Waals surface area contributed by atoms with Gasteiger partial charge in [-0.3, -0.25) is 0 Å². The van der Waals surface area contributed by atoms with Gasteiger partial charge in [-0.25, -0.2) is 13.1 Å². The SMILES string of the molecule is C#CCC(C)NS(=O)(=O)c1ccc(Cl)c(N)c1. The molecule has 4 nitrogen and oxygen atoms in total. The Bertz CT molecular complexity index is 549. The smallest absolute Gasteiger partial charge is 0.240 e. The van der Waals surface area contributed by atoms with Crippen LogP contribution in [0.15, 0.2) is 23.1 Å². The van der Waals surface area contributed by atoms with Gasteiger partial charge in [0.15, 0.2) is 0 Å². The molecule has 17 heavy (non-hydrogen) atoms. The first-order chi connectivity index (χ1) is 7.86. The second-order valence-electron chi connectivity index (χ2n) is 3.61. The number of nitrogens with two attached hydrogens (primary N) is 1. The van der Waals surface area contributed by atoms with E-state index in [1.54, 1.807) is 6.92 Å². The van der Waals surface area contributed by atoms with E-state index in [9.17, 15) is 8.42 Å². The lowest BCUT2D eigenvalue weighted by atomic mass is 10.3. The van der Waals surface area contributed by atoms with E-state index in [0.717, 1.165) is 0 Å². The van der Waals surface area contributed by atoms with Crippen molar-refractivity contribution < 1.29 is 8.42 Å². The molecular formula is C11H13ClN2O2S. The van der Waals surface area contributed by atoms with Crippen molar-refractivity contribution in [1.29, 1.82) is 0 Å². The van der Waals surface area contributed by atoms with Crippen molar-refractivity contribution in [1.82, 2.24) is 4.72 Å². The van der Waals surface area contributed by atoms with E-state index in [1.807, 2.05) is 0 Å². The van der Waals surface area contributed by atoms with Crippen LogP contribution in [0.1, 0.15) is 13.3 Å². The summed E-state index contributed by atoms with van der Waals surface area (Å²) in [6, 6.07) is 3.82. The Balaban J connectivity index is 2.98. The van der Waals surface area contributed by atoms with E-state index in [0.29, 0.717) is 11.4 Å². The molecule has 6 heteroatoms. The van der Waals surface area contributed by atoms with Gasteiger partial charge in [-0.15, -0.1) is 12.3 Å². The Morgan fingerprint density at radius 3 is 2.76 bits per heavy atom. The molecular weight excluding hydrogens is 260 g/mol. The van der Waals surface area contributed by atoms with Crippen LogP contribution < -0.4 is 10.5 Å². The van der Waals surface area contributed by atoms with Gasteiger partial charge in [-0.2, -0.15) is 0 Å². The Hall–Kier alpha value is -1.22. The number of nitrogens with one attached hydrogen (secondary N) is 1. The monoisotopic (exact) mass is 272 g/mol. The fourth-order valence-electron chi connectivity index (χ4n) is 1.24. The van der Waals surface area contributed by atoms with Gasteiger partial charge in [0, 0.05) is 12.5 Å². The Morgan fingerprint density at radius 2 is 2.24 bits per heavy atom. The molecule has 0 radical (unpaired) electrons. The number of sulfonamides is 1. The highest BCUT2D eigenvalue weighted by atomic mass is 35.5. The molecule has 1 aromatic rings. The molecule has 1 unspecified atom stereocenters. The second kappa shape index (κ2) is 5.41. The van der Waals surface area contributed by atoms with Gasteiger partial charge >= 0.3 is 0 Å². The minimum Gasteiger partial charge on any atom is -0.397 e. The number of benzene rings is 1. The molecule has 0 aliphatic heterocycles. The summed E-state index contributed by atoms with van der Waals surface area (Å²) in [7, 11) is -3.61. The minimum absolute atomic E-state index is 0.0725. The highest BCUT2D eigenvalue weighted by Crippen LogP contribution is 2.22. The van der Waals surface area contributed by atoms with Crippen molar-refractivity contribution in [2.45, 2.75) is 24.3 Å². The molecule has 0 fully saturated rings. The Morgan fingerprint density at radius 1 is 1.59 bits per heavy atom. The van der Waals surface area contributed by atoms with Gasteiger partial charge in [0.05, 0.1) is 15.6 Å². The molecule has 1 atom stereocenters. The van der Waals surface area contributed by atoms with Crippen molar-refractivity contribution in [2.24, 2.45) is 0 Å². The predicted octanol–water partition coefficient (Wildman–Crippen LogP) is 1.61. The number of hydrogen-bond donors (Lipinski definition) is 2. The van der Waals surface area contributed by atoms with Crippen LogP contribution in [0.2, 0.25) is 5.02 Å². The molecule has 3 N–H and O–H groups in total. The molecule has 0 aliphatic rings. The van der Waals surface area contributed by atoms with E-state index in [1.165, 1.54) is 18.2 Å². The predicted molar refractivity (Wildman–Crippen MR) is 69.1 cm³/mol. The zero-order valence-corrected chi connectivity index (χ0v) is 10.8.